The molecule has 0 spiro atoms. The zero-order chi connectivity index (χ0) is 14.8. The number of hydrogen-bond acceptors (Lipinski definition) is 2. The van der Waals surface area contributed by atoms with Gasteiger partial charge in [-0.2, -0.15) is 0 Å². The van der Waals surface area contributed by atoms with Gasteiger partial charge in [-0.1, -0.05) is 34.1 Å². The van der Waals surface area contributed by atoms with Gasteiger partial charge in [-0.05, 0) is 35.4 Å². The van der Waals surface area contributed by atoms with E-state index in [1.807, 2.05) is 36.4 Å². The average molecular weight is 347 g/mol. The third-order valence-corrected chi connectivity index (χ3v) is 4.38. The number of piperidine rings is 1. The van der Waals surface area contributed by atoms with Gasteiger partial charge in [0.2, 0.25) is 5.91 Å². The van der Waals surface area contributed by atoms with Crippen LogP contribution in [0.3, 0.4) is 0 Å². The normalized spacial score (nSPS) is 18.3. The van der Waals surface area contributed by atoms with Crippen LogP contribution in [0.4, 0.5) is 0 Å². The van der Waals surface area contributed by atoms with E-state index in [9.17, 15) is 9.59 Å². The maximum atomic E-state index is 12.3. The number of carbonyl (C=O) groups excluding carboxylic acids is 2. The standard InChI is InChI=1S/C16H15BrN2O2/c17-14-3-1-2-10-8-11(4-6-13(10)14)16(21)19-12-5-7-15(20)18-9-12/h1-4,6,8,12H,5,7,9H2,(H,18,20)(H,19,21)/t12-/m0/s1. The lowest BCUT2D eigenvalue weighted by Crippen LogP contribution is -2.47. The summed E-state index contributed by atoms with van der Waals surface area (Å²) in [5.41, 5.74) is 0.637. The predicted molar refractivity (Wildman–Crippen MR) is 85.1 cm³/mol. The van der Waals surface area contributed by atoms with E-state index < -0.39 is 0 Å². The van der Waals surface area contributed by atoms with E-state index in [1.54, 1.807) is 0 Å². The van der Waals surface area contributed by atoms with Crippen LogP contribution in [0.1, 0.15) is 23.2 Å². The summed E-state index contributed by atoms with van der Waals surface area (Å²) in [5.74, 6) is -0.0471. The van der Waals surface area contributed by atoms with Gasteiger partial charge < -0.3 is 10.6 Å². The van der Waals surface area contributed by atoms with Crippen LogP contribution in [-0.4, -0.2) is 24.4 Å². The van der Waals surface area contributed by atoms with Gasteiger partial charge in [0, 0.05) is 29.0 Å². The average Bonchev–Trinajstić information content (AvgIpc) is 2.49. The molecule has 3 rings (SSSR count). The fourth-order valence-corrected chi connectivity index (χ4v) is 3.02. The fourth-order valence-electron chi connectivity index (χ4n) is 2.51. The minimum absolute atomic E-state index is 0.00778. The Kier molecular flexibility index (Phi) is 3.92. The number of halogens is 1. The van der Waals surface area contributed by atoms with Crippen LogP contribution >= 0.6 is 15.9 Å². The topological polar surface area (TPSA) is 58.2 Å². The summed E-state index contributed by atoms with van der Waals surface area (Å²) in [7, 11) is 0. The van der Waals surface area contributed by atoms with Crippen molar-refractivity contribution in [3.05, 3.63) is 46.4 Å². The van der Waals surface area contributed by atoms with Gasteiger partial charge in [0.15, 0.2) is 0 Å². The van der Waals surface area contributed by atoms with Gasteiger partial charge in [0.05, 0.1) is 0 Å². The van der Waals surface area contributed by atoms with Crippen LogP contribution in [0.2, 0.25) is 0 Å². The molecule has 2 N–H and O–H groups in total. The summed E-state index contributed by atoms with van der Waals surface area (Å²) >= 11 is 3.50. The molecule has 1 atom stereocenters. The number of nitrogens with one attached hydrogen (secondary N) is 2. The third kappa shape index (κ3) is 3.08. The van der Waals surface area contributed by atoms with Gasteiger partial charge in [-0.15, -0.1) is 0 Å². The van der Waals surface area contributed by atoms with Crippen molar-refractivity contribution < 1.29 is 9.59 Å². The highest BCUT2D eigenvalue weighted by Gasteiger charge is 2.20. The Labute approximate surface area is 131 Å². The number of benzene rings is 2. The summed E-state index contributed by atoms with van der Waals surface area (Å²) in [6.07, 6.45) is 1.16. The highest BCUT2D eigenvalue weighted by molar-refractivity contribution is 9.10. The molecule has 21 heavy (non-hydrogen) atoms. The molecule has 0 aliphatic carbocycles. The number of amides is 2. The summed E-state index contributed by atoms with van der Waals surface area (Å²) in [5, 5.41) is 7.84. The van der Waals surface area contributed by atoms with E-state index in [1.165, 1.54) is 0 Å². The first-order valence-corrected chi connectivity index (χ1v) is 7.68. The summed E-state index contributed by atoms with van der Waals surface area (Å²) in [6, 6.07) is 11.6. The second-order valence-electron chi connectivity index (χ2n) is 5.19. The number of fused-ring (bicyclic) bond motifs is 1. The summed E-state index contributed by atoms with van der Waals surface area (Å²) in [4.78, 5) is 23.4. The van der Waals surface area contributed by atoms with Crippen LogP contribution in [0.5, 0.6) is 0 Å². The Hall–Kier alpha value is -1.88. The Morgan fingerprint density at radius 2 is 2.14 bits per heavy atom. The Morgan fingerprint density at radius 3 is 2.90 bits per heavy atom. The molecule has 2 aromatic rings. The molecular weight excluding hydrogens is 332 g/mol. The van der Waals surface area contributed by atoms with Crippen LogP contribution in [-0.2, 0) is 4.79 Å². The molecule has 1 fully saturated rings. The molecule has 0 radical (unpaired) electrons. The van der Waals surface area contributed by atoms with E-state index in [2.05, 4.69) is 26.6 Å². The third-order valence-electron chi connectivity index (χ3n) is 3.69. The second kappa shape index (κ2) is 5.85. The zero-order valence-electron chi connectivity index (χ0n) is 11.4. The SMILES string of the molecule is O=C1CC[C@H](NC(=O)c2ccc3c(Br)cccc3c2)CN1. The molecular formula is C16H15BrN2O2. The van der Waals surface area contributed by atoms with Crippen molar-refractivity contribution in [3.63, 3.8) is 0 Å². The van der Waals surface area contributed by atoms with Gasteiger partial charge in [0.25, 0.3) is 5.91 Å². The van der Waals surface area contributed by atoms with E-state index in [0.717, 1.165) is 15.2 Å². The first-order valence-electron chi connectivity index (χ1n) is 6.89. The van der Waals surface area contributed by atoms with Crippen molar-refractivity contribution in [2.75, 3.05) is 6.54 Å². The molecule has 108 valence electrons. The molecule has 2 aromatic carbocycles. The number of hydrogen-bond donors (Lipinski definition) is 2. The molecule has 1 aliphatic heterocycles. The van der Waals surface area contributed by atoms with Gasteiger partial charge in [0.1, 0.15) is 0 Å². The molecule has 0 saturated carbocycles. The van der Waals surface area contributed by atoms with Crippen molar-refractivity contribution in [1.29, 1.82) is 0 Å². The van der Waals surface area contributed by atoms with E-state index in [0.29, 0.717) is 24.9 Å². The molecule has 0 aromatic heterocycles. The van der Waals surface area contributed by atoms with Gasteiger partial charge >= 0.3 is 0 Å². The molecule has 5 heteroatoms. The highest BCUT2D eigenvalue weighted by atomic mass is 79.9. The van der Waals surface area contributed by atoms with Crippen LogP contribution in [0.15, 0.2) is 40.9 Å². The molecule has 1 heterocycles. The van der Waals surface area contributed by atoms with E-state index >= 15 is 0 Å². The van der Waals surface area contributed by atoms with E-state index in [-0.39, 0.29) is 17.9 Å². The van der Waals surface area contributed by atoms with Crippen molar-refractivity contribution >= 4 is 38.5 Å². The van der Waals surface area contributed by atoms with Crippen molar-refractivity contribution in [2.24, 2.45) is 0 Å². The maximum Gasteiger partial charge on any atom is 0.251 e. The monoisotopic (exact) mass is 346 g/mol. The van der Waals surface area contributed by atoms with Gasteiger partial charge in [-0.25, -0.2) is 0 Å². The Morgan fingerprint density at radius 1 is 1.29 bits per heavy atom. The summed E-state index contributed by atoms with van der Waals surface area (Å²) < 4.78 is 1.02. The van der Waals surface area contributed by atoms with Crippen molar-refractivity contribution in [2.45, 2.75) is 18.9 Å². The Bertz CT molecular complexity index is 704. The fraction of sp³-hybridized carbons (Fsp3) is 0.250. The lowest BCUT2D eigenvalue weighted by Gasteiger charge is -2.23. The zero-order valence-corrected chi connectivity index (χ0v) is 12.9. The first kappa shape index (κ1) is 14.1. The molecule has 0 unspecified atom stereocenters. The minimum Gasteiger partial charge on any atom is -0.354 e. The molecule has 1 saturated heterocycles. The highest BCUT2D eigenvalue weighted by Crippen LogP contribution is 2.24. The van der Waals surface area contributed by atoms with Gasteiger partial charge in [-0.3, -0.25) is 9.59 Å². The smallest absolute Gasteiger partial charge is 0.251 e. The molecule has 0 bridgehead atoms. The quantitative estimate of drug-likeness (QED) is 0.877. The minimum atomic E-state index is -0.0991. The maximum absolute atomic E-state index is 12.3. The van der Waals surface area contributed by atoms with E-state index in [4.69, 9.17) is 0 Å². The lowest BCUT2D eigenvalue weighted by atomic mass is 10.0. The van der Waals surface area contributed by atoms with Crippen molar-refractivity contribution in [3.8, 4) is 0 Å². The number of carbonyl (C=O) groups is 2. The molecule has 1 aliphatic rings. The predicted octanol–water partition coefficient (Wildman–Crippen LogP) is 2.61. The molecule has 2 amide bonds. The Balaban J connectivity index is 1.77. The molecule has 4 nitrogen and oxygen atoms in total. The summed E-state index contributed by atoms with van der Waals surface area (Å²) in [6.45, 7) is 0.504. The second-order valence-corrected chi connectivity index (χ2v) is 6.04. The first-order chi connectivity index (χ1) is 10.1. The van der Waals surface area contributed by atoms with Crippen molar-refractivity contribution in [1.82, 2.24) is 10.6 Å². The number of rotatable bonds is 2. The van der Waals surface area contributed by atoms with Crippen LogP contribution < -0.4 is 10.6 Å². The van der Waals surface area contributed by atoms with Crippen LogP contribution in [0.25, 0.3) is 10.8 Å². The lowest BCUT2D eigenvalue weighted by molar-refractivity contribution is -0.122. The van der Waals surface area contributed by atoms with Crippen LogP contribution in [0, 0.1) is 0 Å². The largest absolute Gasteiger partial charge is 0.354 e.